The van der Waals surface area contributed by atoms with Gasteiger partial charge in [0.25, 0.3) is 0 Å². The second kappa shape index (κ2) is 120. The fourth-order valence-corrected chi connectivity index (χ4v) is 0. The zero-order valence-electron chi connectivity index (χ0n) is 4.24. The van der Waals surface area contributed by atoms with Gasteiger partial charge in [-0.1, -0.05) is 0 Å². The van der Waals surface area contributed by atoms with Crippen LogP contribution in [-0.2, 0) is 0 Å². The highest BCUT2D eigenvalue weighted by Gasteiger charge is -0.151. The summed E-state index contributed by atoms with van der Waals surface area (Å²) in [6, 6.07) is 0. The Morgan fingerprint density at radius 2 is 0.333 bits per heavy atom. The largest absolute Gasteiger partial charge is 0.344 e. The molecule has 6 heavy (non-hydrogen) atoms. The molecule has 0 aromatic heterocycles. The van der Waals surface area contributed by atoms with Crippen LogP contribution in [0.3, 0.4) is 0 Å². The predicted molar refractivity (Wildman–Crippen MR) is 48.4 cm³/mol. The molecule has 9 N–H and O–H groups in total. The van der Waals surface area contributed by atoms with Gasteiger partial charge in [-0.15, -0.1) is 0 Å². The van der Waals surface area contributed by atoms with E-state index in [2.05, 4.69) is 0 Å². The third-order valence-corrected chi connectivity index (χ3v) is 0. The van der Waals surface area contributed by atoms with Gasteiger partial charge in [-0.05, 0) is 0 Å². The van der Waals surface area contributed by atoms with Gasteiger partial charge < -0.3 is 18.5 Å². The highest BCUT2D eigenvalue weighted by Crippen LogP contribution is 0.863. The van der Waals surface area contributed by atoms with Crippen molar-refractivity contribution in [3.05, 3.63) is 0 Å². The summed E-state index contributed by atoms with van der Waals surface area (Å²) < 4.78 is 0. The molecule has 0 aliphatic carbocycles. The van der Waals surface area contributed by atoms with Crippen molar-refractivity contribution < 1.29 is 0 Å². The first-order valence-electron chi connectivity index (χ1n) is 0. The lowest BCUT2D eigenvalue weighted by atomic mass is 14.0. The van der Waals surface area contributed by atoms with Gasteiger partial charge >= 0.3 is 0 Å². The van der Waals surface area contributed by atoms with E-state index >= 15 is 0 Å². The van der Waals surface area contributed by atoms with Crippen molar-refractivity contribution in [3.8, 4) is 0 Å². The molecule has 48 valence electrons. The molecule has 3 unspecified atom stereocenters. The minimum atomic E-state index is 0. The smallest absolute Gasteiger partial charge is 0.153 e. The first-order valence-corrected chi connectivity index (χ1v) is 0. The second-order valence-corrected chi connectivity index (χ2v) is 0. The van der Waals surface area contributed by atoms with E-state index in [-0.39, 0.29) is 48.1 Å². The van der Waals surface area contributed by atoms with Crippen molar-refractivity contribution >= 4 is 29.7 Å². The molecule has 0 aromatic rings. The van der Waals surface area contributed by atoms with Crippen LogP contribution in [0, 0.1) is 0 Å². The van der Waals surface area contributed by atoms with E-state index in [4.69, 9.17) is 0 Å². The minimum Gasteiger partial charge on any atom is -0.344 e. The number of hydrogen-bond acceptors (Lipinski definition) is 3. The Hall–Kier alpha value is 1.17. The zero-order valence-corrected chi connectivity index (χ0v) is 8.49. The maximum atomic E-state index is 0. The van der Waals surface area contributed by atoms with Crippen LogP contribution >= 0.6 is 29.7 Å². The standard InChI is InChI=1S/3H3N.3H3P/h6*1H3. The van der Waals surface area contributed by atoms with E-state index in [1.54, 1.807) is 0 Å². The molecular formula is H18N3P3. The molecule has 0 rings (SSSR count). The van der Waals surface area contributed by atoms with Crippen LogP contribution in [0.25, 0.3) is 0 Å². The molecular weight excluding hydrogens is 135 g/mol. The summed E-state index contributed by atoms with van der Waals surface area (Å²) in [5.41, 5.74) is 0. The molecule has 0 heterocycles. The van der Waals surface area contributed by atoms with E-state index in [0.29, 0.717) is 0 Å². The van der Waals surface area contributed by atoms with Crippen molar-refractivity contribution in [3.63, 3.8) is 0 Å². The Kier molecular flexibility index (Phi) is 4000. The molecule has 0 spiro atoms. The first kappa shape index (κ1) is 199. The highest BCUT2D eigenvalue weighted by atomic mass is 31.0. The lowest BCUT2D eigenvalue weighted by molar-refractivity contribution is 2.13. The van der Waals surface area contributed by atoms with Crippen molar-refractivity contribution in [2.24, 2.45) is 0 Å². The Morgan fingerprint density at radius 3 is 0.333 bits per heavy atom. The van der Waals surface area contributed by atoms with Gasteiger partial charge in [0.15, 0.2) is 0 Å². The summed E-state index contributed by atoms with van der Waals surface area (Å²) in [4.78, 5) is 0. The highest BCUT2D eigenvalue weighted by molar-refractivity contribution is 6.92. The quantitative estimate of drug-likeness (QED) is 0.445. The van der Waals surface area contributed by atoms with Crippen LogP contribution in [-0.4, -0.2) is 0 Å². The number of hydrogen-bond donors (Lipinski definition) is 3. The van der Waals surface area contributed by atoms with Crippen LogP contribution < -0.4 is 18.5 Å². The Bertz CT molecular complexity index is 6.00. The lowest BCUT2D eigenvalue weighted by Crippen LogP contribution is -0.482. The van der Waals surface area contributed by atoms with E-state index in [1.165, 1.54) is 0 Å². The van der Waals surface area contributed by atoms with Crippen LogP contribution in [0.1, 0.15) is 0 Å². The SMILES string of the molecule is N.N.N.P.P.P. The molecule has 0 bridgehead atoms. The van der Waals surface area contributed by atoms with Crippen molar-refractivity contribution in [1.82, 2.24) is 18.5 Å². The average Bonchev–Trinajstić information content (AvgIpc) is 0. The molecule has 0 radical (unpaired) electrons. The third-order valence-electron chi connectivity index (χ3n) is 0. The maximum Gasteiger partial charge on any atom is -0.153 e. The summed E-state index contributed by atoms with van der Waals surface area (Å²) in [6.07, 6.45) is 0. The lowest BCUT2D eigenvalue weighted by Gasteiger charge is -0.345. The minimum absolute atomic E-state index is 0. The second-order valence-electron chi connectivity index (χ2n) is 0. The van der Waals surface area contributed by atoms with Gasteiger partial charge in [0.05, 0.1) is 0 Å². The van der Waals surface area contributed by atoms with Gasteiger partial charge in [-0.3, -0.25) is 0 Å². The van der Waals surface area contributed by atoms with Crippen LogP contribution in [0.2, 0.25) is 0 Å². The predicted octanol–water partition coefficient (Wildman–Crippen LogP) is 0.660. The summed E-state index contributed by atoms with van der Waals surface area (Å²) >= 11 is 0. The van der Waals surface area contributed by atoms with Gasteiger partial charge in [-0.25, -0.2) is 0 Å². The van der Waals surface area contributed by atoms with Crippen LogP contribution in [0.15, 0.2) is 0 Å². The van der Waals surface area contributed by atoms with Crippen molar-refractivity contribution in [2.45, 2.75) is 0 Å². The topological polar surface area (TPSA) is 105 Å². The fourth-order valence-electron chi connectivity index (χ4n) is 0. The molecule has 0 saturated carbocycles. The van der Waals surface area contributed by atoms with Gasteiger partial charge in [0.1, 0.15) is 0 Å². The molecule has 3 atom stereocenters. The summed E-state index contributed by atoms with van der Waals surface area (Å²) in [6.45, 7) is 0. The monoisotopic (exact) mass is 153 g/mol. The van der Waals surface area contributed by atoms with E-state index < -0.39 is 0 Å². The molecule has 0 amide bonds. The Balaban J connectivity index is 0. The van der Waals surface area contributed by atoms with Crippen LogP contribution in [0.5, 0.6) is 0 Å². The van der Waals surface area contributed by atoms with Crippen LogP contribution in [0.4, 0.5) is 0 Å². The molecule has 0 aromatic carbocycles. The van der Waals surface area contributed by atoms with E-state index in [9.17, 15) is 0 Å². The fraction of sp³-hybridized carbons (Fsp3) is 0. The van der Waals surface area contributed by atoms with Gasteiger partial charge in [0, 0.05) is 0 Å². The van der Waals surface area contributed by atoms with Gasteiger partial charge in [-0.2, -0.15) is 29.7 Å². The Labute approximate surface area is 49.0 Å². The molecule has 0 aliphatic heterocycles. The summed E-state index contributed by atoms with van der Waals surface area (Å²) in [7, 11) is 0. The third kappa shape index (κ3) is 65.7. The average molecular weight is 153 g/mol. The molecule has 0 aliphatic rings. The maximum absolute atomic E-state index is 0. The normalized spacial score (nSPS) is 0. The number of rotatable bonds is 0. The van der Waals surface area contributed by atoms with E-state index in [1.807, 2.05) is 0 Å². The molecule has 0 saturated heterocycles. The summed E-state index contributed by atoms with van der Waals surface area (Å²) in [5, 5.41) is 0. The molecule has 3 nitrogen and oxygen atoms in total. The van der Waals surface area contributed by atoms with Crippen molar-refractivity contribution in [2.75, 3.05) is 0 Å². The Morgan fingerprint density at radius 1 is 0.333 bits per heavy atom. The van der Waals surface area contributed by atoms with Gasteiger partial charge in [0.2, 0.25) is 0 Å². The molecule has 6 heteroatoms. The van der Waals surface area contributed by atoms with E-state index in [0.717, 1.165) is 0 Å². The summed E-state index contributed by atoms with van der Waals surface area (Å²) in [5.74, 6) is 0. The zero-order chi connectivity index (χ0) is 0. The van der Waals surface area contributed by atoms with Crippen molar-refractivity contribution in [1.29, 1.82) is 0 Å². The first-order chi connectivity index (χ1) is 0. The molecule has 0 fully saturated rings.